The Labute approximate surface area is 186 Å². The molecule has 160 valence electrons. The highest BCUT2D eigenvalue weighted by atomic mass is 19.1. The zero-order valence-corrected chi connectivity index (χ0v) is 17.3. The Morgan fingerprint density at radius 1 is 1.03 bits per heavy atom. The fourth-order valence-corrected chi connectivity index (χ4v) is 4.27. The predicted octanol–water partition coefficient (Wildman–Crippen LogP) is 4.48. The molecule has 0 aliphatic carbocycles. The maximum atomic E-state index is 14.7. The summed E-state index contributed by atoms with van der Waals surface area (Å²) in [6.07, 6.45) is 7.30. The zero-order chi connectivity index (χ0) is 22.7. The van der Waals surface area contributed by atoms with Crippen molar-refractivity contribution in [1.29, 1.82) is 0 Å². The van der Waals surface area contributed by atoms with E-state index in [4.69, 9.17) is 12.2 Å². The summed E-state index contributed by atoms with van der Waals surface area (Å²) in [4.78, 5) is 15.1. The van der Waals surface area contributed by atoms with E-state index < -0.39 is 23.2 Å². The molecular weight excluding hydrogens is 406 g/mol. The van der Waals surface area contributed by atoms with E-state index in [1.165, 1.54) is 0 Å². The number of carbonyl (C=O) groups is 1. The van der Waals surface area contributed by atoms with E-state index in [0.717, 1.165) is 29.3 Å². The van der Waals surface area contributed by atoms with Gasteiger partial charge >= 0.3 is 0 Å². The number of terminal acetylenes is 1. The maximum absolute atomic E-state index is 14.7. The third-order valence-corrected chi connectivity index (χ3v) is 5.76. The molecule has 3 aromatic carbocycles. The van der Waals surface area contributed by atoms with Gasteiger partial charge in [0.2, 0.25) is 5.91 Å². The lowest BCUT2D eigenvalue weighted by Crippen LogP contribution is -2.52. The lowest BCUT2D eigenvalue weighted by Gasteiger charge is -2.40. The van der Waals surface area contributed by atoms with Gasteiger partial charge in [0, 0.05) is 18.5 Å². The maximum Gasteiger partial charge on any atom is 0.242 e. The van der Waals surface area contributed by atoms with Gasteiger partial charge in [0.05, 0.1) is 6.04 Å². The van der Waals surface area contributed by atoms with E-state index in [1.54, 1.807) is 4.90 Å². The van der Waals surface area contributed by atoms with E-state index in [0.29, 0.717) is 5.57 Å². The molecular formula is C27H22F2N2O. The highest BCUT2D eigenvalue weighted by Gasteiger charge is 2.47. The average Bonchev–Trinajstić information content (AvgIpc) is 3.23. The Balaban J connectivity index is 1.98. The molecule has 0 spiro atoms. The van der Waals surface area contributed by atoms with Crippen LogP contribution in [0, 0.1) is 24.0 Å². The molecule has 0 unspecified atom stereocenters. The molecule has 1 heterocycles. The molecule has 0 aromatic heterocycles. The second-order valence-electron chi connectivity index (χ2n) is 7.73. The fourth-order valence-electron chi connectivity index (χ4n) is 4.27. The molecule has 0 bridgehead atoms. The highest BCUT2D eigenvalue weighted by Crippen LogP contribution is 2.45. The topological polar surface area (TPSA) is 46.3 Å². The lowest BCUT2D eigenvalue weighted by molar-refractivity contribution is -0.135. The van der Waals surface area contributed by atoms with Crippen molar-refractivity contribution in [3.05, 3.63) is 113 Å². The van der Waals surface area contributed by atoms with Crippen LogP contribution >= 0.6 is 0 Å². The molecule has 5 heteroatoms. The van der Waals surface area contributed by atoms with Gasteiger partial charge in [0.1, 0.15) is 17.2 Å². The van der Waals surface area contributed by atoms with Gasteiger partial charge in [-0.05, 0) is 41.0 Å². The number of halogens is 2. The van der Waals surface area contributed by atoms with Crippen LogP contribution in [0.25, 0.3) is 5.57 Å². The van der Waals surface area contributed by atoms with E-state index >= 15 is 0 Å². The molecule has 1 aliphatic heterocycles. The summed E-state index contributed by atoms with van der Waals surface area (Å²) < 4.78 is 28.7. The first-order chi connectivity index (χ1) is 15.5. The summed E-state index contributed by atoms with van der Waals surface area (Å²) in [5.74, 6) is 0.962. The number of nitrogens with zero attached hydrogens (tertiary/aromatic N) is 1. The summed E-state index contributed by atoms with van der Waals surface area (Å²) in [6, 6.07) is 21.3. The number of benzene rings is 3. The van der Waals surface area contributed by atoms with Crippen LogP contribution < -0.4 is 5.73 Å². The molecule has 0 saturated carbocycles. The average molecular weight is 428 g/mol. The first kappa shape index (κ1) is 21.5. The summed E-state index contributed by atoms with van der Waals surface area (Å²) in [5, 5.41) is 0. The molecule has 0 saturated heterocycles. The van der Waals surface area contributed by atoms with E-state index in [1.807, 2.05) is 66.7 Å². The van der Waals surface area contributed by atoms with Gasteiger partial charge in [-0.15, -0.1) is 12.3 Å². The van der Waals surface area contributed by atoms with Gasteiger partial charge in [-0.3, -0.25) is 4.79 Å². The number of amides is 1. The first-order valence-corrected chi connectivity index (χ1v) is 10.3. The number of hydrogen-bond acceptors (Lipinski definition) is 2. The minimum atomic E-state index is -1.06. The molecule has 3 nitrogen and oxygen atoms in total. The van der Waals surface area contributed by atoms with Crippen molar-refractivity contribution in [1.82, 2.24) is 4.90 Å². The largest absolute Gasteiger partial charge is 0.320 e. The minimum absolute atomic E-state index is 0.0568. The Bertz CT molecular complexity index is 1160. The third kappa shape index (κ3) is 3.70. The normalized spacial score (nSPS) is 15.7. The van der Waals surface area contributed by atoms with Crippen LogP contribution in [0.2, 0.25) is 0 Å². The van der Waals surface area contributed by atoms with Crippen LogP contribution in [0.15, 0.2) is 84.9 Å². The minimum Gasteiger partial charge on any atom is -0.320 e. The quantitative estimate of drug-likeness (QED) is 0.609. The summed E-state index contributed by atoms with van der Waals surface area (Å²) in [6.45, 7) is 0.0568. The standard InChI is InChI=1S/C27H22F2N2O/c1-2-9-25(30)26(32)31-18-19(23-16-22(28)14-15-24(23)29)17-27(31,20-10-5-3-6-11-20)21-12-7-4-8-13-21/h1,3-8,10-17,25H,9,18,30H2/t25-/m0/s1. The second kappa shape index (κ2) is 8.78. The predicted molar refractivity (Wildman–Crippen MR) is 121 cm³/mol. The molecule has 1 amide bonds. The van der Waals surface area contributed by atoms with Crippen molar-refractivity contribution in [2.45, 2.75) is 18.0 Å². The number of rotatable bonds is 5. The van der Waals surface area contributed by atoms with Crippen molar-refractivity contribution >= 4 is 11.5 Å². The molecule has 4 rings (SSSR count). The van der Waals surface area contributed by atoms with Crippen molar-refractivity contribution in [2.75, 3.05) is 6.54 Å². The first-order valence-electron chi connectivity index (χ1n) is 10.3. The summed E-state index contributed by atoms with van der Waals surface area (Å²) in [7, 11) is 0. The van der Waals surface area contributed by atoms with Gasteiger partial charge < -0.3 is 10.6 Å². The Morgan fingerprint density at radius 3 is 2.19 bits per heavy atom. The second-order valence-corrected chi connectivity index (χ2v) is 7.73. The van der Waals surface area contributed by atoms with Crippen molar-refractivity contribution < 1.29 is 13.6 Å². The zero-order valence-electron chi connectivity index (χ0n) is 17.3. The fraction of sp³-hybridized carbons (Fsp3) is 0.148. The van der Waals surface area contributed by atoms with E-state index in [2.05, 4.69) is 5.92 Å². The Morgan fingerprint density at radius 2 is 1.62 bits per heavy atom. The van der Waals surface area contributed by atoms with Crippen LogP contribution in [0.3, 0.4) is 0 Å². The SMILES string of the molecule is C#CC[C@H](N)C(=O)N1CC(c2cc(F)ccc2F)=CC1(c1ccccc1)c1ccccc1. The van der Waals surface area contributed by atoms with Crippen LogP contribution in [0.1, 0.15) is 23.1 Å². The van der Waals surface area contributed by atoms with Gasteiger partial charge in [-0.1, -0.05) is 60.7 Å². The van der Waals surface area contributed by atoms with Gasteiger partial charge in [-0.25, -0.2) is 8.78 Å². The highest BCUT2D eigenvalue weighted by molar-refractivity contribution is 5.89. The molecule has 0 radical (unpaired) electrons. The molecule has 1 aliphatic rings. The summed E-state index contributed by atoms with van der Waals surface area (Å²) >= 11 is 0. The number of nitrogens with two attached hydrogens (primary N) is 1. The molecule has 32 heavy (non-hydrogen) atoms. The van der Waals surface area contributed by atoms with Gasteiger partial charge in [0.25, 0.3) is 0 Å². The summed E-state index contributed by atoms with van der Waals surface area (Å²) in [5.41, 5.74) is 7.30. The lowest BCUT2D eigenvalue weighted by atomic mass is 9.81. The van der Waals surface area contributed by atoms with E-state index in [-0.39, 0.29) is 24.4 Å². The van der Waals surface area contributed by atoms with Crippen molar-refractivity contribution in [3.8, 4) is 12.3 Å². The third-order valence-electron chi connectivity index (χ3n) is 5.76. The van der Waals surface area contributed by atoms with Crippen LogP contribution in [0.5, 0.6) is 0 Å². The van der Waals surface area contributed by atoms with Crippen LogP contribution in [-0.4, -0.2) is 23.4 Å². The molecule has 0 fully saturated rings. The Hall–Kier alpha value is -3.75. The van der Waals surface area contributed by atoms with Crippen molar-refractivity contribution in [2.24, 2.45) is 5.73 Å². The molecule has 1 atom stereocenters. The Kier molecular flexibility index (Phi) is 5.89. The van der Waals surface area contributed by atoms with Gasteiger partial charge in [0.15, 0.2) is 0 Å². The smallest absolute Gasteiger partial charge is 0.242 e. The monoisotopic (exact) mass is 428 g/mol. The van der Waals surface area contributed by atoms with Gasteiger partial charge in [-0.2, -0.15) is 0 Å². The van der Waals surface area contributed by atoms with Crippen LogP contribution in [-0.2, 0) is 10.3 Å². The molecule has 2 N–H and O–H groups in total. The van der Waals surface area contributed by atoms with E-state index in [9.17, 15) is 13.6 Å². The van der Waals surface area contributed by atoms with Crippen molar-refractivity contribution in [3.63, 3.8) is 0 Å². The number of hydrogen-bond donors (Lipinski definition) is 1. The van der Waals surface area contributed by atoms with Crippen LogP contribution in [0.4, 0.5) is 8.78 Å². The number of carbonyl (C=O) groups excluding carboxylic acids is 1. The molecule has 3 aromatic rings.